The van der Waals surface area contributed by atoms with Crippen molar-refractivity contribution in [2.75, 3.05) is 6.61 Å². The molecule has 1 fully saturated rings. The van der Waals surface area contributed by atoms with Crippen LogP contribution in [0.2, 0.25) is 0 Å². The summed E-state index contributed by atoms with van der Waals surface area (Å²) in [5.41, 5.74) is 6.54. The van der Waals surface area contributed by atoms with Crippen molar-refractivity contribution in [3.05, 3.63) is 30.3 Å². The Labute approximate surface area is 114 Å². The first-order valence-electron chi connectivity index (χ1n) is 4.98. The van der Waals surface area contributed by atoms with E-state index in [0.717, 1.165) is 5.69 Å². The number of carbonyl (C=O) groups is 1. The lowest BCUT2D eigenvalue weighted by molar-refractivity contribution is -0.137. The summed E-state index contributed by atoms with van der Waals surface area (Å²) < 4.78 is 4.85. The average Bonchev–Trinajstić information content (AvgIpc) is 2.66. The van der Waals surface area contributed by atoms with Gasteiger partial charge in [0.1, 0.15) is 5.25 Å². The Balaban J connectivity index is 0.00000144. The molecular formula is C11H13BrN2O2S. The summed E-state index contributed by atoms with van der Waals surface area (Å²) >= 11 is 1.26. The minimum absolute atomic E-state index is 0. The van der Waals surface area contributed by atoms with E-state index < -0.39 is 0 Å². The predicted octanol–water partition coefficient (Wildman–Crippen LogP) is 2.26. The highest BCUT2D eigenvalue weighted by Gasteiger charge is 2.28. The Kier molecular flexibility index (Phi) is 5.50. The van der Waals surface area contributed by atoms with E-state index in [-0.39, 0.29) is 28.2 Å². The molecular weight excluding hydrogens is 304 g/mol. The smallest absolute Gasteiger partial charge is 0.319 e. The summed E-state index contributed by atoms with van der Waals surface area (Å²) in [6.45, 7) is 0.481. The molecule has 17 heavy (non-hydrogen) atoms. The quantitative estimate of drug-likeness (QED) is 0.516. The van der Waals surface area contributed by atoms with Gasteiger partial charge in [-0.2, -0.15) is 0 Å². The third kappa shape index (κ3) is 4.05. The highest BCUT2D eigenvalue weighted by molar-refractivity contribution is 8.93. The molecule has 0 spiro atoms. The molecule has 1 aromatic carbocycles. The van der Waals surface area contributed by atoms with Gasteiger partial charge in [-0.15, -0.1) is 17.0 Å². The third-order valence-corrected chi connectivity index (χ3v) is 3.19. The predicted molar refractivity (Wildman–Crippen MR) is 75.0 cm³/mol. The zero-order chi connectivity index (χ0) is 11.4. The summed E-state index contributed by atoms with van der Waals surface area (Å²) in [5, 5.41) is 0.197. The van der Waals surface area contributed by atoms with Gasteiger partial charge in [-0.05, 0) is 12.1 Å². The van der Waals surface area contributed by atoms with Crippen LogP contribution in [0.5, 0.6) is 0 Å². The van der Waals surface area contributed by atoms with Crippen LogP contribution < -0.4 is 5.73 Å². The Bertz CT molecular complexity index is 411. The zero-order valence-electron chi connectivity index (χ0n) is 9.04. The largest absolute Gasteiger partial charge is 0.465 e. The SMILES string of the molecule is Br.NC(=Nc1ccccc1)SC1CCOC1=O. The van der Waals surface area contributed by atoms with E-state index in [0.29, 0.717) is 18.2 Å². The number of benzene rings is 1. The number of para-hydroxylation sites is 1. The van der Waals surface area contributed by atoms with Gasteiger partial charge in [0.15, 0.2) is 5.17 Å². The van der Waals surface area contributed by atoms with Crippen LogP contribution in [0.25, 0.3) is 0 Å². The number of rotatable bonds is 2. The number of cyclic esters (lactones) is 1. The second kappa shape index (κ2) is 6.66. The number of halogens is 1. The molecule has 1 saturated heterocycles. The highest BCUT2D eigenvalue weighted by Crippen LogP contribution is 2.23. The fourth-order valence-corrected chi connectivity index (χ4v) is 2.21. The molecule has 1 atom stereocenters. The maximum Gasteiger partial charge on any atom is 0.319 e. The molecule has 0 aliphatic carbocycles. The summed E-state index contributed by atoms with van der Waals surface area (Å²) in [4.78, 5) is 15.4. The molecule has 0 aromatic heterocycles. The van der Waals surface area contributed by atoms with Crippen LogP contribution in [0.4, 0.5) is 5.69 Å². The van der Waals surface area contributed by atoms with Crippen LogP contribution in [0.3, 0.4) is 0 Å². The molecule has 92 valence electrons. The van der Waals surface area contributed by atoms with Crippen LogP contribution in [-0.2, 0) is 9.53 Å². The number of ether oxygens (including phenoxy) is 1. The van der Waals surface area contributed by atoms with E-state index in [2.05, 4.69) is 4.99 Å². The highest BCUT2D eigenvalue weighted by atomic mass is 79.9. The molecule has 0 bridgehead atoms. The Morgan fingerprint density at radius 1 is 1.41 bits per heavy atom. The lowest BCUT2D eigenvalue weighted by atomic mass is 10.3. The van der Waals surface area contributed by atoms with Gasteiger partial charge in [-0.1, -0.05) is 30.0 Å². The van der Waals surface area contributed by atoms with Crippen molar-refractivity contribution in [2.45, 2.75) is 11.7 Å². The standard InChI is InChI=1S/C11H12N2O2S.BrH/c12-11(13-8-4-2-1-3-5-8)16-9-6-7-15-10(9)14;/h1-5,9H,6-7H2,(H2,12,13);1H. The molecule has 0 saturated carbocycles. The van der Waals surface area contributed by atoms with Gasteiger partial charge in [0.05, 0.1) is 12.3 Å². The normalized spacial score (nSPS) is 19.6. The Morgan fingerprint density at radius 3 is 2.71 bits per heavy atom. The average molecular weight is 317 g/mol. The molecule has 1 aromatic rings. The van der Waals surface area contributed by atoms with Gasteiger partial charge in [0.2, 0.25) is 0 Å². The number of carbonyl (C=O) groups excluding carboxylic acids is 1. The monoisotopic (exact) mass is 316 g/mol. The molecule has 1 unspecified atom stereocenters. The molecule has 4 nitrogen and oxygen atoms in total. The summed E-state index contributed by atoms with van der Waals surface area (Å²) in [6.07, 6.45) is 0.703. The number of esters is 1. The van der Waals surface area contributed by atoms with Gasteiger partial charge in [0, 0.05) is 6.42 Å². The zero-order valence-corrected chi connectivity index (χ0v) is 11.6. The van der Waals surface area contributed by atoms with Gasteiger partial charge in [0.25, 0.3) is 0 Å². The fraction of sp³-hybridized carbons (Fsp3) is 0.273. The van der Waals surface area contributed by atoms with Crippen molar-refractivity contribution in [1.29, 1.82) is 0 Å². The summed E-state index contributed by atoms with van der Waals surface area (Å²) in [6, 6.07) is 9.42. The summed E-state index contributed by atoms with van der Waals surface area (Å²) in [7, 11) is 0. The maximum absolute atomic E-state index is 11.2. The number of thioether (sulfide) groups is 1. The molecule has 2 rings (SSSR count). The number of amidine groups is 1. The van der Waals surface area contributed by atoms with E-state index in [1.165, 1.54) is 11.8 Å². The Hall–Kier alpha value is -1.01. The van der Waals surface area contributed by atoms with Crippen LogP contribution >= 0.6 is 28.7 Å². The topological polar surface area (TPSA) is 64.7 Å². The van der Waals surface area contributed by atoms with E-state index in [4.69, 9.17) is 10.5 Å². The second-order valence-electron chi connectivity index (χ2n) is 3.35. The molecule has 1 aliphatic heterocycles. The first-order valence-corrected chi connectivity index (χ1v) is 5.86. The first-order chi connectivity index (χ1) is 7.75. The van der Waals surface area contributed by atoms with E-state index in [1.54, 1.807) is 0 Å². The van der Waals surface area contributed by atoms with E-state index in [1.807, 2.05) is 30.3 Å². The van der Waals surface area contributed by atoms with Crippen molar-refractivity contribution in [3.63, 3.8) is 0 Å². The van der Waals surface area contributed by atoms with Crippen molar-refractivity contribution in [3.8, 4) is 0 Å². The molecule has 1 aliphatic rings. The molecule has 1 heterocycles. The fourth-order valence-electron chi connectivity index (χ4n) is 1.39. The number of aliphatic imine (C=N–C) groups is 1. The van der Waals surface area contributed by atoms with Crippen molar-refractivity contribution >= 4 is 45.6 Å². The molecule has 0 amide bonds. The third-order valence-electron chi connectivity index (χ3n) is 2.15. The molecule has 0 radical (unpaired) electrons. The number of hydrogen-bond donors (Lipinski definition) is 1. The Morgan fingerprint density at radius 2 is 2.12 bits per heavy atom. The van der Waals surface area contributed by atoms with Crippen LogP contribution in [0.15, 0.2) is 35.3 Å². The minimum atomic E-state index is -0.201. The van der Waals surface area contributed by atoms with Gasteiger partial charge in [-0.3, -0.25) is 4.79 Å². The van der Waals surface area contributed by atoms with E-state index >= 15 is 0 Å². The van der Waals surface area contributed by atoms with E-state index in [9.17, 15) is 4.79 Å². The van der Waals surface area contributed by atoms with Gasteiger partial charge in [-0.25, -0.2) is 4.99 Å². The van der Waals surface area contributed by atoms with Crippen molar-refractivity contribution in [1.82, 2.24) is 0 Å². The number of hydrogen-bond acceptors (Lipinski definition) is 4. The van der Waals surface area contributed by atoms with Gasteiger partial charge >= 0.3 is 5.97 Å². The lowest BCUT2D eigenvalue weighted by Crippen LogP contribution is -2.17. The van der Waals surface area contributed by atoms with Crippen molar-refractivity contribution in [2.24, 2.45) is 10.7 Å². The molecule has 2 N–H and O–H groups in total. The van der Waals surface area contributed by atoms with Crippen LogP contribution in [0, 0.1) is 0 Å². The summed E-state index contributed by atoms with van der Waals surface area (Å²) in [5.74, 6) is -0.198. The minimum Gasteiger partial charge on any atom is -0.465 e. The van der Waals surface area contributed by atoms with Crippen molar-refractivity contribution < 1.29 is 9.53 Å². The number of nitrogens with two attached hydrogens (primary N) is 1. The maximum atomic E-state index is 11.2. The molecule has 6 heteroatoms. The van der Waals surface area contributed by atoms with Gasteiger partial charge < -0.3 is 10.5 Å². The van der Waals surface area contributed by atoms with Crippen LogP contribution in [0.1, 0.15) is 6.42 Å². The number of nitrogens with zero attached hydrogens (tertiary/aromatic N) is 1. The van der Waals surface area contributed by atoms with Crippen LogP contribution in [-0.4, -0.2) is 23.0 Å². The first kappa shape index (κ1) is 14.1. The second-order valence-corrected chi connectivity index (χ2v) is 4.57. The lowest BCUT2D eigenvalue weighted by Gasteiger charge is -2.04.